The van der Waals surface area contributed by atoms with Crippen LogP contribution in [0, 0.1) is 29.1 Å². The van der Waals surface area contributed by atoms with Crippen molar-refractivity contribution in [1.82, 2.24) is 4.90 Å². The van der Waals surface area contributed by atoms with Gasteiger partial charge in [0.1, 0.15) is 0 Å². The molecule has 0 aliphatic carbocycles. The Balaban J connectivity index is 2.08. The molecule has 0 unspecified atom stereocenters. The summed E-state index contributed by atoms with van der Waals surface area (Å²) in [4.78, 5) is 5.86. The molecule has 1 heterocycles. The third kappa shape index (κ3) is 2.98. The van der Waals surface area contributed by atoms with Crippen molar-refractivity contribution in [2.45, 2.75) is 12.8 Å². The van der Waals surface area contributed by atoms with Crippen molar-refractivity contribution in [1.29, 1.82) is 0 Å². The number of hydrogen-bond acceptors (Lipinski definition) is 2. The molecule has 7 heteroatoms. The van der Waals surface area contributed by atoms with Gasteiger partial charge in [-0.15, -0.1) is 0 Å². The summed E-state index contributed by atoms with van der Waals surface area (Å²) in [7, 11) is 0. The van der Waals surface area contributed by atoms with Crippen LogP contribution in [0.3, 0.4) is 0 Å². The van der Waals surface area contributed by atoms with Gasteiger partial charge in [0, 0.05) is 12.8 Å². The summed E-state index contributed by atoms with van der Waals surface area (Å²) in [5.74, 6) is -9.78. The minimum absolute atomic E-state index is 0.249. The molecule has 2 rings (SSSR count). The molecule has 2 nitrogen and oxygen atoms in total. The first-order chi connectivity index (χ1) is 9.52. The maximum atomic E-state index is 13.3. The number of nitrogens with zero attached hydrogens (tertiary/aromatic N) is 2. The lowest BCUT2D eigenvalue weighted by atomic mass is 10.2. The van der Waals surface area contributed by atoms with E-state index in [1.807, 2.05) is 0 Å². The number of halogens is 5. The average Bonchev–Trinajstić information content (AvgIpc) is 2.95. The number of hydrogen-bond donors (Lipinski definition) is 0. The van der Waals surface area contributed by atoms with Gasteiger partial charge in [-0.05, 0) is 25.9 Å². The number of rotatable bonds is 4. The molecular weight excluding hydrogens is 279 g/mol. The smallest absolute Gasteiger partial charge is 0.200 e. The van der Waals surface area contributed by atoms with Crippen LogP contribution in [0.2, 0.25) is 0 Å². The molecule has 0 spiro atoms. The summed E-state index contributed by atoms with van der Waals surface area (Å²) >= 11 is 0. The molecule has 1 aromatic rings. The van der Waals surface area contributed by atoms with Gasteiger partial charge < -0.3 is 4.90 Å². The Morgan fingerprint density at radius 3 is 1.90 bits per heavy atom. The SMILES string of the molecule is Fc1c(F)c(F)c(C=NCCN2CCCC2)c(F)c1F. The molecular formula is C13H13F5N2. The topological polar surface area (TPSA) is 15.6 Å². The normalized spacial score (nSPS) is 16.4. The third-order valence-corrected chi connectivity index (χ3v) is 3.21. The molecule has 1 aromatic carbocycles. The Hall–Kier alpha value is -1.50. The van der Waals surface area contributed by atoms with Crippen LogP contribution in [0.1, 0.15) is 18.4 Å². The highest BCUT2D eigenvalue weighted by Gasteiger charge is 2.24. The summed E-state index contributed by atoms with van der Waals surface area (Å²) in [5.41, 5.74) is -0.997. The van der Waals surface area contributed by atoms with Crippen molar-refractivity contribution in [3.63, 3.8) is 0 Å². The van der Waals surface area contributed by atoms with E-state index >= 15 is 0 Å². The van der Waals surface area contributed by atoms with Crippen LogP contribution in [0.15, 0.2) is 4.99 Å². The molecule has 1 aliphatic heterocycles. The fourth-order valence-electron chi connectivity index (χ4n) is 2.10. The minimum Gasteiger partial charge on any atom is -0.301 e. The zero-order chi connectivity index (χ0) is 14.7. The average molecular weight is 292 g/mol. The van der Waals surface area contributed by atoms with Crippen molar-refractivity contribution in [2.24, 2.45) is 4.99 Å². The highest BCUT2D eigenvalue weighted by molar-refractivity contribution is 5.80. The Morgan fingerprint density at radius 2 is 1.35 bits per heavy atom. The standard InChI is InChI=1S/C13H13F5N2/c14-9-8(10(15)12(17)13(18)11(9)16)7-19-3-6-20-4-1-2-5-20/h7H,1-6H2. The van der Waals surface area contributed by atoms with E-state index in [-0.39, 0.29) is 6.54 Å². The fourth-order valence-corrected chi connectivity index (χ4v) is 2.10. The molecule has 110 valence electrons. The summed E-state index contributed by atoms with van der Waals surface area (Å²) in [5, 5.41) is 0. The first kappa shape index (κ1) is 14.9. The molecule has 0 N–H and O–H groups in total. The predicted octanol–water partition coefficient (Wildman–Crippen LogP) is 2.90. The van der Waals surface area contributed by atoms with E-state index in [9.17, 15) is 22.0 Å². The van der Waals surface area contributed by atoms with Crippen molar-refractivity contribution in [3.05, 3.63) is 34.6 Å². The molecule has 0 amide bonds. The quantitative estimate of drug-likeness (QED) is 0.360. The van der Waals surface area contributed by atoms with E-state index in [0.29, 0.717) is 12.8 Å². The van der Waals surface area contributed by atoms with Gasteiger partial charge >= 0.3 is 0 Å². The van der Waals surface area contributed by atoms with Gasteiger partial charge in [0.25, 0.3) is 0 Å². The summed E-state index contributed by atoms with van der Waals surface area (Å²) < 4.78 is 65.3. The third-order valence-electron chi connectivity index (χ3n) is 3.21. The van der Waals surface area contributed by atoms with E-state index in [0.717, 1.165) is 25.9 Å². The molecule has 1 saturated heterocycles. The van der Waals surface area contributed by atoms with Crippen molar-refractivity contribution >= 4 is 6.21 Å². The first-order valence-electron chi connectivity index (χ1n) is 6.26. The molecule has 0 saturated carbocycles. The number of aliphatic imine (C=N–C) groups is 1. The van der Waals surface area contributed by atoms with Gasteiger partial charge in [-0.2, -0.15) is 0 Å². The summed E-state index contributed by atoms with van der Waals surface area (Å²) in [6.45, 7) is 2.74. The van der Waals surface area contributed by atoms with Gasteiger partial charge in [0.15, 0.2) is 23.3 Å². The van der Waals surface area contributed by atoms with Crippen LogP contribution < -0.4 is 0 Å². The zero-order valence-corrected chi connectivity index (χ0v) is 10.6. The number of likely N-dealkylation sites (tertiary alicyclic amines) is 1. The second-order valence-electron chi connectivity index (χ2n) is 4.57. The minimum atomic E-state index is -2.16. The van der Waals surface area contributed by atoms with Crippen LogP contribution in [0.25, 0.3) is 0 Å². The second kappa shape index (κ2) is 6.30. The van der Waals surface area contributed by atoms with E-state index in [1.165, 1.54) is 0 Å². The molecule has 20 heavy (non-hydrogen) atoms. The van der Waals surface area contributed by atoms with E-state index < -0.39 is 34.6 Å². The Bertz CT molecular complexity index is 495. The lowest BCUT2D eigenvalue weighted by Crippen LogP contribution is -2.22. The lowest BCUT2D eigenvalue weighted by Gasteiger charge is -2.11. The first-order valence-corrected chi connectivity index (χ1v) is 6.26. The van der Waals surface area contributed by atoms with Gasteiger partial charge in [0.2, 0.25) is 5.82 Å². The van der Waals surface area contributed by atoms with Crippen molar-refractivity contribution < 1.29 is 22.0 Å². The maximum Gasteiger partial charge on any atom is 0.200 e. The van der Waals surface area contributed by atoms with Gasteiger partial charge in [0.05, 0.1) is 12.1 Å². The molecule has 0 bridgehead atoms. The van der Waals surface area contributed by atoms with Crippen LogP contribution in [-0.4, -0.2) is 37.3 Å². The van der Waals surface area contributed by atoms with Crippen molar-refractivity contribution in [3.8, 4) is 0 Å². The van der Waals surface area contributed by atoms with Crippen LogP contribution in [-0.2, 0) is 0 Å². The molecule has 0 radical (unpaired) electrons. The van der Waals surface area contributed by atoms with Crippen molar-refractivity contribution in [2.75, 3.05) is 26.2 Å². The summed E-state index contributed by atoms with van der Waals surface area (Å²) in [6.07, 6.45) is 2.90. The maximum absolute atomic E-state index is 13.3. The predicted molar refractivity (Wildman–Crippen MR) is 64.4 cm³/mol. The molecule has 1 aliphatic rings. The van der Waals surface area contributed by atoms with E-state index in [1.54, 1.807) is 0 Å². The van der Waals surface area contributed by atoms with Gasteiger partial charge in [-0.1, -0.05) is 0 Å². The lowest BCUT2D eigenvalue weighted by molar-refractivity contribution is 0.349. The number of benzene rings is 1. The van der Waals surface area contributed by atoms with Crippen LogP contribution >= 0.6 is 0 Å². The van der Waals surface area contributed by atoms with E-state index in [2.05, 4.69) is 9.89 Å². The monoisotopic (exact) mass is 292 g/mol. The highest BCUT2D eigenvalue weighted by Crippen LogP contribution is 2.21. The fraction of sp³-hybridized carbons (Fsp3) is 0.462. The van der Waals surface area contributed by atoms with Crippen LogP contribution in [0.5, 0.6) is 0 Å². The van der Waals surface area contributed by atoms with Crippen LogP contribution in [0.4, 0.5) is 22.0 Å². The highest BCUT2D eigenvalue weighted by atomic mass is 19.2. The molecule has 1 fully saturated rings. The Morgan fingerprint density at radius 1 is 0.850 bits per heavy atom. The largest absolute Gasteiger partial charge is 0.301 e. The Kier molecular flexibility index (Phi) is 4.69. The summed E-state index contributed by atoms with van der Waals surface area (Å²) in [6, 6.07) is 0. The Labute approximate surface area is 112 Å². The molecule has 0 aromatic heterocycles. The second-order valence-corrected chi connectivity index (χ2v) is 4.57. The van der Waals surface area contributed by atoms with E-state index in [4.69, 9.17) is 0 Å². The van der Waals surface area contributed by atoms with Gasteiger partial charge in [-0.25, -0.2) is 22.0 Å². The zero-order valence-electron chi connectivity index (χ0n) is 10.6. The van der Waals surface area contributed by atoms with Gasteiger partial charge in [-0.3, -0.25) is 4.99 Å². The molecule has 0 atom stereocenters.